The van der Waals surface area contributed by atoms with E-state index in [9.17, 15) is 4.79 Å². The maximum Gasteiger partial charge on any atom is 0.243 e. The summed E-state index contributed by atoms with van der Waals surface area (Å²) in [6.07, 6.45) is 6.17. The minimum atomic E-state index is 0. The highest BCUT2D eigenvalue weighted by atomic mass is 127. The first kappa shape index (κ1) is 22.4. The maximum atomic E-state index is 11.7. The molecule has 0 heterocycles. The average Bonchev–Trinajstić information content (AvgIpc) is 2.52. The number of guanidine groups is 1. The third-order valence-electron chi connectivity index (χ3n) is 4.23. The minimum Gasteiger partial charge on any atom is -0.383 e. The lowest BCUT2D eigenvalue weighted by molar-refractivity contribution is -0.127. The van der Waals surface area contributed by atoms with Crippen molar-refractivity contribution in [3.63, 3.8) is 0 Å². The summed E-state index contributed by atoms with van der Waals surface area (Å²) >= 11 is 0. The first-order chi connectivity index (χ1) is 10.6. The first-order valence-electron chi connectivity index (χ1n) is 8.30. The van der Waals surface area contributed by atoms with Crippen LogP contribution < -0.4 is 10.6 Å². The maximum absolute atomic E-state index is 11.7. The fourth-order valence-electron chi connectivity index (χ4n) is 2.62. The highest BCUT2D eigenvalue weighted by Gasteiger charge is 2.20. The third kappa shape index (κ3) is 9.34. The van der Waals surface area contributed by atoms with E-state index >= 15 is 0 Å². The number of hydrogen-bond acceptors (Lipinski definition) is 3. The number of hydrogen-bond donors (Lipinski definition) is 2. The summed E-state index contributed by atoms with van der Waals surface area (Å²) in [5.41, 5.74) is 0. The van der Waals surface area contributed by atoms with E-state index in [2.05, 4.69) is 22.5 Å². The molecule has 1 amide bonds. The SMILES string of the molecule is CCC1CCC(NC(=NCC(=O)N(C)C)NCCOC)CC1.I. The van der Waals surface area contributed by atoms with Crippen LogP contribution in [0, 0.1) is 5.92 Å². The molecule has 1 aliphatic carbocycles. The number of nitrogens with one attached hydrogen (secondary N) is 2. The van der Waals surface area contributed by atoms with Gasteiger partial charge in [-0.25, -0.2) is 4.99 Å². The first-order valence-corrected chi connectivity index (χ1v) is 8.30. The average molecular weight is 440 g/mol. The number of carbonyl (C=O) groups is 1. The Bertz CT molecular complexity index is 356. The number of ether oxygens (including phenoxy) is 1. The smallest absolute Gasteiger partial charge is 0.243 e. The lowest BCUT2D eigenvalue weighted by atomic mass is 9.84. The normalized spacial score (nSPS) is 21.3. The van der Waals surface area contributed by atoms with Crippen molar-refractivity contribution in [2.75, 3.05) is 40.9 Å². The van der Waals surface area contributed by atoms with Gasteiger partial charge in [-0.3, -0.25) is 4.79 Å². The van der Waals surface area contributed by atoms with Gasteiger partial charge in [0.25, 0.3) is 0 Å². The Morgan fingerprint density at radius 3 is 2.43 bits per heavy atom. The summed E-state index contributed by atoms with van der Waals surface area (Å²) in [4.78, 5) is 17.6. The topological polar surface area (TPSA) is 66.0 Å². The number of halogens is 1. The molecule has 1 aliphatic rings. The van der Waals surface area contributed by atoms with E-state index in [1.807, 2.05) is 0 Å². The fraction of sp³-hybridized carbons (Fsp3) is 0.875. The van der Waals surface area contributed by atoms with Gasteiger partial charge in [0.2, 0.25) is 5.91 Å². The third-order valence-corrected chi connectivity index (χ3v) is 4.23. The number of rotatable bonds is 7. The summed E-state index contributed by atoms with van der Waals surface area (Å²) in [5.74, 6) is 1.59. The van der Waals surface area contributed by atoms with E-state index in [0.29, 0.717) is 25.2 Å². The summed E-state index contributed by atoms with van der Waals surface area (Å²) in [7, 11) is 5.16. The molecule has 136 valence electrons. The number of nitrogens with zero attached hydrogens (tertiary/aromatic N) is 2. The van der Waals surface area contributed by atoms with Crippen molar-refractivity contribution < 1.29 is 9.53 Å². The second-order valence-electron chi connectivity index (χ2n) is 6.14. The van der Waals surface area contributed by atoms with E-state index in [1.54, 1.807) is 26.1 Å². The molecule has 0 radical (unpaired) electrons. The molecule has 1 fully saturated rings. The molecule has 1 rings (SSSR count). The predicted molar refractivity (Wildman–Crippen MR) is 105 cm³/mol. The van der Waals surface area contributed by atoms with Crippen LogP contribution in [-0.4, -0.2) is 63.7 Å². The Hall–Kier alpha value is -0.570. The van der Waals surface area contributed by atoms with Gasteiger partial charge in [-0.15, -0.1) is 24.0 Å². The van der Waals surface area contributed by atoms with E-state index in [4.69, 9.17) is 4.74 Å². The van der Waals surface area contributed by atoms with Crippen LogP contribution in [0.4, 0.5) is 0 Å². The van der Waals surface area contributed by atoms with Gasteiger partial charge in [-0.05, 0) is 31.6 Å². The molecule has 7 heteroatoms. The van der Waals surface area contributed by atoms with Gasteiger partial charge in [0.1, 0.15) is 6.54 Å². The van der Waals surface area contributed by atoms with Crippen LogP contribution in [0.3, 0.4) is 0 Å². The number of aliphatic imine (C=N–C) groups is 1. The Morgan fingerprint density at radius 2 is 1.91 bits per heavy atom. The van der Waals surface area contributed by atoms with Crippen LogP contribution in [0.5, 0.6) is 0 Å². The molecular formula is C16H33IN4O2. The molecule has 0 aliphatic heterocycles. The summed E-state index contributed by atoms with van der Waals surface area (Å²) < 4.78 is 5.05. The van der Waals surface area contributed by atoms with Crippen molar-refractivity contribution in [2.24, 2.45) is 10.9 Å². The second-order valence-corrected chi connectivity index (χ2v) is 6.14. The second kappa shape index (κ2) is 12.8. The van der Waals surface area contributed by atoms with Crippen LogP contribution in [0.25, 0.3) is 0 Å². The Labute approximate surface area is 157 Å². The summed E-state index contributed by atoms with van der Waals surface area (Å²) in [5, 5.41) is 6.70. The zero-order chi connectivity index (χ0) is 16.4. The van der Waals surface area contributed by atoms with E-state index < -0.39 is 0 Å². The van der Waals surface area contributed by atoms with Crippen LogP contribution in [-0.2, 0) is 9.53 Å². The molecule has 6 nitrogen and oxygen atoms in total. The number of methoxy groups -OCH3 is 1. The number of likely N-dealkylation sites (N-methyl/N-ethyl adjacent to an activating group) is 1. The van der Waals surface area contributed by atoms with Gasteiger partial charge in [-0.2, -0.15) is 0 Å². The molecule has 0 unspecified atom stereocenters. The molecule has 0 aromatic heterocycles. The molecular weight excluding hydrogens is 407 g/mol. The Kier molecular flexibility index (Phi) is 12.5. The van der Waals surface area contributed by atoms with E-state index in [1.165, 1.54) is 32.1 Å². The van der Waals surface area contributed by atoms with Crippen molar-refractivity contribution in [1.29, 1.82) is 0 Å². The zero-order valence-electron chi connectivity index (χ0n) is 14.9. The number of amides is 1. The molecule has 1 saturated carbocycles. The molecule has 0 atom stereocenters. The fourth-order valence-corrected chi connectivity index (χ4v) is 2.62. The van der Waals surface area contributed by atoms with Gasteiger partial charge in [0.05, 0.1) is 6.61 Å². The van der Waals surface area contributed by atoms with Crippen LogP contribution in [0.2, 0.25) is 0 Å². The van der Waals surface area contributed by atoms with Crippen molar-refractivity contribution >= 4 is 35.8 Å². The summed E-state index contributed by atoms with van der Waals surface area (Å²) in [6.45, 7) is 3.73. The number of carbonyl (C=O) groups excluding carboxylic acids is 1. The largest absolute Gasteiger partial charge is 0.383 e. The molecule has 0 spiro atoms. The molecule has 0 aromatic carbocycles. The van der Waals surface area contributed by atoms with Gasteiger partial charge < -0.3 is 20.3 Å². The molecule has 23 heavy (non-hydrogen) atoms. The molecule has 0 saturated heterocycles. The molecule has 2 N–H and O–H groups in total. The van der Waals surface area contributed by atoms with Crippen molar-refractivity contribution in [3.8, 4) is 0 Å². The Balaban J connectivity index is 0.00000484. The quantitative estimate of drug-likeness (QED) is 0.275. The monoisotopic (exact) mass is 440 g/mol. The van der Waals surface area contributed by atoms with Gasteiger partial charge in [0.15, 0.2) is 5.96 Å². The van der Waals surface area contributed by atoms with Crippen LogP contribution in [0.15, 0.2) is 4.99 Å². The lowest BCUT2D eigenvalue weighted by Crippen LogP contribution is -2.46. The predicted octanol–water partition coefficient (Wildman–Crippen LogP) is 1.84. The van der Waals surface area contributed by atoms with Crippen LogP contribution in [0.1, 0.15) is 39.0 Å². The van der Waals surface area contributed by atoms with Crippen molar-refractivity contribution in [1.82, 2.24) is 15.5 Å². The van der Waals surface area contributed by atoms with Gasteiger partial charge in [0, 0.05) is 33.8 Å². The molecule has 0 aromatic rings. The highest BCUT2D eigenvalue weighted by Crippen LogP contribution is 2.26. The zero-order valence-corrected chi connectivity index (χ0v) is 17.3. The van der Waals surface area contributed by atoms with Crippen LogP contribution >= 0.6 is 24.0 Å². The van der Waals surface area contributed by atoms with E-state index in [0.717, 1.165) is 5.92 Å². The van der Waals surface area contributed by atoms with Crippen molar-refractivity contribution in [2.45, 2.75) is 45.1 Å². The molecule has 0 bridgehead atoms. The summed E-state index contributed by atoms with van der Waals surface area (Å²) in [6, 6.07) is 0.450. The Morgan fingerprint density at radius 1 is 1.26 bits per heavy atom. The standard InChI is InChI=1S/C16H32N4O2.HI/c1-5-13-6-8-14(9-7-13)19-16(17-10-11-22-4)18-12-15(21)20(2)3;/h13-14H,5-12H2,1-4H3,(H2,17,18,19);1H. The minimum absolute atomic E-state index is 0. The van der Waals surface area contributed by atoms with Gasteiger partial charge in [-0.1, -0.05) is 13.3 Å². The lowest BCUT2D eigenvalue weighted by Gasteiger charge is -2.29. The van der Waals surface area contributed by atoms with Gasteiger partial charge >= 0.3 is 0 Å². The highest BCUT2D eigenvalue weighted by molar-refractivity contribution is 14.0. The van der Waals surface area contributed by atoms with E-state index in [-0.39, 0.29) is 36.4 Å². The van der Waals surface area contributed by atoms with Crippen molar-refractivity contribution in [3.05, 3.63) is 0 Å².